The fourth-order valence-electron chi connectivity index (χ4n) is 4.38. The molecule has 3 N–H and O–H groups in total. The summed E-state index contributed by atoms with van der Waals surface area (Å²) in [5, 5.41) is 8.35. The monoisotopic (exact) mass is 569 g/mol. The van der Waals surface area contributed by atoms with E-state index in [0.717, 1.165) is 19.2 Å². The molecule has 0 bridgehead atoms. The second-order valence-corrected chi connectivity index (χ2v) is 10.5. The van der Waals surface area contributed by atoms with E-state index in [1.165, 1.54) is 30.6 Å². The molecule has 1 fully saturated rings. The molecular formula is C29H34F3N7O2. The number of piperazine rings is 1. The van der Waals surface area contributed by atoms with Crippen LogP contribution in [0.4, 0.5) is 30.5 Å². The lowest BCUT2D eigenvalue weighted by Crippen LogP contribution is -2.44. The summed E-state index contributed by atoms with van der Waals surface area (Å²) in [6, 6.07) is 8.67. The van der Waals surface area contributed by atoms with Crippen molar-refractivity contribution in [3.63, 3.8) is 0 Å². The van der Waals surface area contributed by atoms with Crippen molar-refractivity contribution in [1.29, 1.82) is 0 Å². The SMILES string of the molecule is Cc1ccc(C(=O)Nc2ccc(CN3CCN(C)CC3)c(C(F)(F)F)c2)cc1NC(=O)c1cnc(NC(C)C)nc1. The van der Waals surface area contributed by atoms with Gasteiger partial charge in [0.25, 0.3) is 11.8 Å². The first-order valence-electron chi connectivity index (χ1n) is 13.3. The maximum atomic E-state index is 13.9. The molecule has 1 aliphatic heterocycles. The Bertz CT molecular complexity index is 1390. The lowest BCUT2D eigenvalue weighted by atomic mass is 10.0. The highest BCUT2D eigenvalue weighted by atomic mass is 19.4. The van der Waals surface area contributed by atoms with Crippen molar-refractivity contribution >= 4 is 29.1 Å². The fraction of sp³-hybridized carbons (Fsp3) is 0.379. The van der Waals surface area contributed by atoms with Crippen molar-refractivity contribution < 1.29 is 22.8 Å². The van der Waals surface area contributed by atoms with Gasteiger partial charge in [-0.2, -0.15) is 13.2 Å². The summed E-state index contributed by atoms with van der Waals surface area (Å²) >= 11 is 0. The average Bonchev–Trinajstić information content (AvgIpc) is 2.91. The molecule has 9 nitrogen and oxygen atoms in total. The summed E-state index contributed by atoms with van der Waals surface area (Å²) in [6.45, 7) is 8.79. The molecule has 2 aromatic carbocycles. The van der Waals surface area contributed by atoms with Crippen LogP contribution in [0, 0.1) is 6.92 Å². The maximum absolute atomic E-state index is 13.9. The predicted octanol–water partition coefficient (Wildman–Crippen LogP) is 4.88. The molecule has 1 aliphatic rings. The third kappa shape index (κ3) is 8.01. The minimum Gasteiger partial charge on any atom is -0.352 e. The molecule has 1 saturated heterocycles. The number of halogens is 3. The molecule has 0 aliphatic carbocycles. The van der Waals surface area contributed by atoms with Gasteiger partial charge in [-0.05, 0) is 63.2 Å². The number of aromatic nitrogens is 2. The average molecular weight is 570 g/mol. The van der Waals surface area contributed by atoms with E-state index >= 15 is 0 Å². The lowest BCUT2D eigenvalue weighted by molar-refractivity contribution is -0.138. The molecule has 218 valence electrons. The van der Waals surface area contributed by atoms with Crippen LogP contribution in [0.3, 0.4) is 0 Å². The van der Waals surface area contributed by atoms with Crippen molar-refractivity contribution in [2.24, 2.45) is 0 Å². The van der Waals surface area contributed by atoms with Crippen LogP contribution in [-0.4, -0.2) is 70.9 Å². The molecule has 0 unspecified atom stereocenters. The Balaban J connectivity index is 1.47. The van der Waals surface area contributed by atoms with Crippen LogP contribution in [0.15, 0.2) is 48.8 Å². The Hall–Kier alpha value is -4.03. The molecule has 2 amide bonds. The Morgan fingerprint density at radius 2 is 1.59 bits per heavy atom. The molecule has 2 heterocycles. The number of anilines is 3. The van der Waals surface area contributed by atoms with E-state index in [1.807, 2.05) is 25.8 Å². The van der Waals surface area contributed by atoms with Crippen molar-refractivity contribution in [1.82, 2.24) is 19.8 Å². The number of likely N-dealkylation sites (N-methyl/N-ethyl adjacent to an activating group) is 1. The Labute approximate surface area is 237 Å². The van der Waals surface area contributed by atoms with E-state index in [9.17, 15) is 22.8 Å². The van der Waals surface area contributed by atoms with Crippen molar-refractivity contribution in [3.05, 3.63) is 76.6 Å². The zero-order valence-corrected chi connectivity index (χ0v) is 23.5. The van der Waals surface area contributed by atoms with Crippen LogP contribution in [0.1, 0.15) is 51.3 Å². The summed E-state index contributed by atoms with van der Waals surface area (Å²) in [5.74, 6) is -0.673. The van der Waals surface area contributed by atoms with Crippen LogP contribution < -0.4 is 16.0 Å². The molecule has 12 heteroatoms. The number of benzene rings is 2. The molecule has 0 saturated carbocycles. The van der Waals surface area contributed by atoms with Gasteiger partial charge in [0.15, 0.2) is 0 Å². The highest BCUT2D eigenvalue weighted by Gasteiger charge is 2.34. The molecule has 0 spiro atoms. The van der Waals surface area contributed by atoms with Gasteiger partial charge in [-0.15, -0.1) is 0 Å². The van der Waals surface area contributed by atoms with Gasteiger partial charge in [0.1, 0.15) is 0 Å². The number of alkyl halides is 3. The number of nitrogens with zero attached hydrogens (tertiary/aromatic N) is 4. The van der Waals surface area contributed by atoms with Crippen molar-refractivity contribution in [2.75, 3.05) is 49.2 Å². The summed E-state index contributed by atoms with van der Waals surface area (Å²) in [4.78, 5) is 38.2. The Kier molecular flexibility index (Phi) is 9.24. The van der Waals surface area contributed by atoms with Crippen LogP contribution >= 0.6 is 0 Å². The summed E-state index contributed by atoms with van der Waals surface area (Å²) in [7, 11) is 1.99. The molecule has 3 aromatic rings. The summed E-state index contributed by atoms with van der Waals surface area (Å²) < 4.78 is 41.8. The van der Waals surface area contributed by atoms with Crippen LogP contribution in [0.25, 0.3) is 0 Å². The van der Waals surface area contributed by atoms with Crippen LogP contribution in [0.5, 0.6) is 0 Å². The van der Waals surface area contributed by atoms with Crippen LogP contribution in [0.2, 0.25) is 0 Å². The predicted molar refractivity (Wildman–Crippen MR) is 152 cm³/mol. The normalized spacial score (nSPS) is 14.6. The number of amides is 2. The van der Waals surface area contributed by atoms with Gasteiger partial charge in [0, 0.05) is 68.1 Å². The number of hydrogen-bond acceptors (Lipinski definition) is 7. The standard InChI is InChI=1S/C29H34F3N7O2/c1-18(2)35-28-33-15-22(16-34-28)27(41)37-25-13-20(6-5-19(25)3)26(40)36-23-8-7-21(24(14-23)29(30,31)32)17-39-11-9-38(4)10-12-39/h5-8,13-16,18H,9-12,17H2,1-4H3,(H,36,40)(H,37,41)(H,33,34,35). The van der Waals surface area contributed by atoms with E-state index in [-0.39, 0.29) is 35.0 Å². The molecule has 1 aromatic heterocycles. The first-order chi connectivity index (χ1) is 19.4. The third-order valence-electron chi connectivity index (χ3n) is 6.74. The van der Waals surface area contributed by atoms with E-state index in [0.29, 0.717) is 30.3 Å². The highest BCUT2D eigenvalue weighted by Crippen LogP contribution is 2.35. The maximum Gasteiger partial charge on any atom is 0.416 e. The zero-order chi connectivity index (χ0) is 29.7. The number of carbonyl (C=O) groups excluding carboxylic acids is 2. The number of rotatable bonds is 8. The van der Waals surface area contributed by atoms with Gasteiger partial charge in [-0.25, -0.2) is 9.97 Å². The zero-order valence-electron chi connectivity index (χ0n) is 23.5. The van der Waals surface area contributed by atoms with E-state index < -0.39 is 23.6 Å². The van der Waals surface area contributed by atoms with Gasteiger partial charge >= 0.3 is 6.18 Å². The molecule has 0 atom stereocenters. The minimum atomic E-state index is -4.57. The fourth-order valence-corrected chi connectivity index (χ4v) is 4.38. The molecular weight excluding hydrogens is 535 g/mol. The van der Waals surface area contributed by atoms with Gasteiger partial charge in [-0.1, -0.05) is 12.1 Å². The number of carbonyl (C=O) groups is 2. The van der Waals surface area contributed by atoms with Crippen LogP contribution in [-0.2, 0) is 12.7 Å². The van der Waals surface area contributed by atoms with E-state index in [1.54, 1.807) is 19.1 Å². The van der Waals surface area contributed by atoms with Gasteiger partial charge < -0.3 is 20.9 Å². The number of nitrogens with one attached hydrogen (secondary N) is 3. The topological polar surface area (TPSA) is 102 Å². The minimum absolute atomic E-state index is 0.0304. The first-order valence-corrected chi connectivity index (χ1v) is 13.3. The molecule has 4 rings (SSSR count). The third-order valence-corrected chi connectivity index (χ3v) is 6.74. The largest absolute Gasteiger partial charge is 0.416 e. The van der Waals surface area contributed by atoms with Gasteiger partial charge in [0.2, 0.25) is 5.95 Å². The highest BCUT2D eigenvalue weighted by molar-refractivity contribution is 6.07. The Morgan fingerprint density at radius 3 is 2.22 bits per heavy atom. The lowest BCUT2D eigenvalue weighted by Gasteiger charge is -2.33. The summed E-state index contributed by atoms with van der Waals surface area (Å²) in [6.07, 6.45) is -1.79. The number of hydrogen-bond donors (Lipinski definition) is 3. The summed E-state index contributed by atoms with van der Waals surface area (Å²) in [5.41, 5.74) is 0.897. The van der Waals surface area contributed by atoms with Gasteiger partial charge in [0.05, 0.1) is 11.1 Å². The number of aryl methyl sites for hydroxylation is 1. The smallest absolute Gasteiger partial charge is 0.352 e. The van der Waals surface area contributed by atoms with E-state index in [2.05, 4.69) is 30.8 Å². The van der Waals surface area contributed by atoms with Gasteiger partial charge in [-0.3, -0.25) is 14.5 Å². The van der Waals surface area contributed by atoms with Crippen molar-refractivity contribution in [3.8, 4) is 0 Å². The second kappa shape index (κ2) is 12.6. The second-order valence-electron chi connectivity index (χ2n) is 10.5. The quantitative estimate of drug-likeness (QED) is 0.356. The van der Waals surface area contributed by atoms with Crippen molar-refractivity contribution in [2.45, 2.75) is 39.5 Å². The molecule has 41 heavy (non-hydrogen) atoms. The Morgan fingerprint density at radius 1 is 0.927 bits per heavy atom. The first kappa shape index (κ1) is 29.9. The molecule has 0 radical (unpaired) electrons. The van der Waals surface area contributed by atoms with E-state index in [4.69, 9.17) is 0 Å².